The van der Waals surface area contributed by atoms with Crippen LogP contribution < -0.4 is 10.1 Å². The van der Waals surface area contributed by atoms with Crippen molar-refractivity contribution in [2.45, 2.75) is 18.9 Å². The second kappa shape index (κ2) is 10.8. The van der Waals surface area contributed by atoms with E-state index in [1.165, 1.54) is 12.1 Å². The number of methoxy groups -OCH3 is 1. The number of aromatic nitrogens is 2. The van der Waals surface area contributed by atoms with E-state index >= 15 is 0 Å². The molecule has 2 heterocycles. The Morgan fingerprint density at radius 3 is 2.54 bits per heavy atom. The van der Waals surface area contributed by atoms with E-state index in [4.69, 9.17) is 9.72 Å². The van der Waals surface area contributed by atoms with Crippen molar-refractivity contribution in [1.29, 1.82) is 0 Å². The summed E-state index contributed by atoms with van der Waals surface area (Å²) in [6.07, 6.45) is 4.70. The first-order chi connectivity index (χ1) is 18.0. The van der Waals surface area contributed by atoms with Crippen molar-refractivity contribution in [3.63, 3.8) is 0 Å². The molecule has 0 saturated heterocycles. The first kappa shape index (κ1) is 24.5. The van der Waals surface area contributed by atoms with Crippen molar-refractivity contribution >= 4 is 10.9 Å². The van der Waals surface area contributed by atoms with Crippen molar-refractivity contribution in [3.8, 4) is 22.6 Å². The van der Waals surface area contributed by atoms with Gasteiger partial charge in [0.25, 0.3) is 0 Å². The lowest BCUT2D eigenvalue weighted by Gasteiger charge is -2.22. The van der Waals surface area contributed by atoms with E-state index in [0.29, 0.717) is 24.9 Å². The second-order valence-corrected chi connectivity index (χ2v) is 8.95. The number of aromatic hydroxyl groups is 1. The van der Waals surface area contributed by atoms with Crippen molar-refractivity contribution in [1.82, 2.24) is 15.3 Å². The molecule has 0 spiro atoms. The maximum absolute atomic E-state index is 14.0. The third-order valence-corrected chi connectivity index (χ3v) is 6.47. The molecule has 0 fully saturated rings. The first-order valence-corrected chi connectivity index (χ1v) is 12.1. The molecule has 5 nitrogen and oxygen atoms in total. The summed E-state index contributed by atoms with van der Waals surface area (Å²) in [6.45, 7) is 0.587. The fraction of sp³-hybridized carbons (Fsp3) is 0.167. The molecule has 37 heavy (non-hydrogen) atoms. The van der Waals surface area contributed by atoms with Crippen LogP contribution in [-0.4, -0.2) is 28.7 Å². The molecule has 3 aromatic carbocycles. The number of phenols is 1. The maximum atomic E-state index is 14.0. The van der Waals surface area contributed by atoms with Crippen molar-refractivity contribution < 1.29 is 18.6 Å². The van der Waals surface area contributed by atoms with E-state index in [9.17, 15) is 13.9 Å². The van der Waals surface area contributed by atoms with Gasteiger partial charge in [-0.25, -0.2) is 8.78 Å². The Kier molecular flexibility index (Phi) is 7.14. The molecule has 0 aliphatic carbocycles. The van der Waals surface area contributed by atoms with Gasteiger partial charge in [-0.1, -0.05) is 18.2 Å². The van der Waals surface area contributed by atoms with Crippen molar-refractivity contribution in [2.75, 3.05) is 13.7 Å². The molecule has 0 aliphatic rings. The number of hydrogen-bond donors (Lipinski definition) is 3. The molecular weight excluding hydrogens is 472 g/mol. The molecule has 0 aliphatic heterocycles. The summed E-state index contributed by atoms with van der Waals surface area (Å²) in [5, 5.41) is 14.4. The highest BCUT2D eigenvalue weighted by Gasteiger charge is 2.19. The van der Waals surface area contributed by atoms with E-state index < -0.39 is 11.6 Å². The number of rotatable bonds is 9. The number of nitrogens with one attached hydrogen (secondary N) is 2. The van der Waals surface area contributed by atoms with E-state index in [0.717, 1.165) is 45.1 Å². The van der Waals surface area contributed by atoms with Crippen LogP contribution in [0.15, 0.2) is 85.2 Å². The summed E-state index contributed by atoms with van der Waals surface area (Å²) in [6, 6.07) is 20.1. The number of fused-ring (bicyclic) bond motifs is 1. The van der Waals surface area contributed by atoms with Crippen molar-refractivity contribution in [3.05, 3.63) is 114 Å². The number of phenolic OH excluding ortho intramolecular Hbond substituents is 1. The van der Waals surface area contributed by atoms with Gasteiger partial charge in [-0.2, -0.15) is 0 Å². The summed E-state index contributed by atoms with van der Waals surface area (Å²) in [4.78, 5) is 7.93. The van der Waals surface area contributed by atoms with E-state index in [-0.39, 0.29) is 11.8 Å². The fourth-order valence-electron chi connectivity index (χ4n) is 4.69. The Hall–Kier alpha value is -4.23. The Morgan fingerprint density at radius 1 is 1.00 bits per heavy atom. The van der Waals surface area contributed by atoms with Crippen LogP contribution in [0.3, 0.4) is 0 Å². The molecule has 188 valence electrons. The van der Waals surface area contributed by atoms with Gasteiger partial charge in [0.1, 0.15) is 23.1 Å². The van der Waals surface area contributed by atoms with Gasteiger partial charge in [0.05, 0.1) is 18.8 Å². The molecule has 0 amide bonds. The summed E-state index contributed by atoms with van der Waals surface area (Å²) >= 11 is 0. The number of ether oxygens (including phenoxy) is 1. The first-order valence-electron chi connectivity index (χ1n) is 12.1. The van der Waals surface area contributed by atoms with Gasteiger partial charge in [0, 0.05) is 34.9 Å². The van der Waals surface area contributed by atoms with Crippen LogP contribution in [0.1, 0.15) is 22.9 Å². The zero-order valence-electron chi connectivity index (χ0n) is 20.3. The SMILES string of the molecule is COc1ccc(-c2cccnc2[C@H](Cc2cc(F)cc(F)c2)NCCc2c[nH]c3ccc(O)cc23)cc1. The van der Waals surface area contributed by atoms with Gasteiger partial charge < -0.3 is 20.1 Å². The summed E-state index contributed by atoms with van der Waals surface area (Å²) in [5.41, 5.74) is 5.23. The third-order valence-electron chi connectivity index (χ3n) is 6.47. The highest BCUT2D eigenvalue weighted by molar-refractivity contribution is 5.84. The van der Waals surface area contributed by atoms with E-state index in [1.807, 2.05) is 48.7 Å². The molecule has 7 heteroatoms. The topological polar surface area (TPSA) is 70.2 Å². The van der Waals surface area contributed by atoms with Crippen LogP contribution in [0.2, 0.25) is 0 Å². The standard InChI is InChI=1S/C30H27F2N3O2/c1-37-25-7-4-20(5-8-25)26-3-2-11-34-30(26)29(15-19-13-22(31)16-23(32)14-19)33-12-10-21-18-35-28-9-6-24(36)17-27(21)28/h2-9,11,13-14,16-18,29,33,35-36H,10,12,15H2,1H3/t29-/m0/s1. The normalized spacial score (nSPS) is 12.1. The van der Waals surface area contributed by atoms with E-state index in [1.54, 1.807) is 25.4 Å². The van der Waals surface area contributed by atoms with Crippen LogP contribution in [0, 0.1) is 11.6 Å². The Balaban J connectivity index is 1.45. The van der Waals surface area contributed by atoms with Crippen LogP contribution in [-0.2, 0) is 12.8 Å². The molecule has 0 bridgehead atoms. The lowest BCUT2D eigenvalue weighted by Crippen LogP contribution is -2.27. The number of hydrogen-bond acceptors (Lipinski definition) is 4. The van der Waals surface area contributed by atoms with Gasteiger partial charge in [-0.05, 0) is 84.6 Å². The lowest BCUT2D eigenvalue weighted by molar-refractivity contribution is 0.415. The monoisotopic (exact) mass is 499 g/mol. The quantitative estimate of drug-likeness (QED) is 0.221. The zero-order chi connectivity index (χ0) is 25.8. The van der Waals surface area contributed by atoms with Crippen LogP contribution in [0.25, 0.3) is 22.0 Å². The summed E-state index contributed by atoms with van der Waals surface area (Å²) in [7, 11) is 1.62. The molecular formula is C30H27F2N3O2. The lowest BCUT2D eigenvalue weighted by atomic mass is 9.95. The molecule has 0 saturated carbocycles. The summed E-state index contributed by atoms with van der Waals surface area (Å²) < 4.78 is 33.3. The Morgan fingerprint density at radius 2 is 1.78 bits per heavy atom. The molecule has 0 radical (unpaired) electrons. The molecule has 1 atom stereocenters. The predicted octanol–water partition coefficient (Wildman–Crippen LogP) is 6.34. The second-order valence-electron chi connectivity index (χ2n) is 8.95. The maximum Gasteiger partial charge on any atom is 0.126 e. The number of benzene rings is 3. The Bertz CT molecular complexity index is 1500. The fourth-order valence-corrected chi connectivity index (χ4v) is 4.69. The average molecular weight is 500 g/mol. The number of H-pyrrole nitrogens is 1. The number of aromatic amines is 1. The summed E-state index contributed by atoms with van der Waals surface area (Å²) in [5.74, 6) is -0.249. The molecule has 5 rings (SSSR count). The smallest absolute Gasteiger partial charge is 0.126 e. The average Bonchev–Trinajstić information content (AvgIpc) is 3.29. The van der Waals surface area contributed by atoms with Gasteiger partial charge >= 0.3 is 0 Å². The largest absolute Gasteiger partial charge is 0.508 e. The zero-order valence-corrected chi connectivity index (χ0v) is 20.3. The van der Waals surface area contributed by atoms with Crippen LogP contribution in [0.5, 0.6) is 11.5 Å². The minimum atomic E-state index is -0.608. The van der Waals surface area contributed by atoms with E-state index in [2.05, 4.69) is 10.3 Å². The highest BCUT2D eigenvalue weighted by atomic mass is 19.1. The number of pyridine rings is 1. The van der Waals surface area contributed by atoms with Gasteiger partial charge in [0.15, 0.2) is 0 Å². The van der Waals surface area contributed by atoms with Gasteiger partial charge in [0.2, 0.25) is 0 Å². The van der Waals surface area contributed by atoms with Crippen LogP contribution in [0.4, 0.5) is 8.78 Å². The molecule has 3 N–H and O–H groups in total. The predicted molar refractivity (Wildman–Crippen MR) is 141 cm³/mol. The van der Waals surface area contributed by atoms with Gasteiger partial charge in [-0.15, -0.1) is 0 Å². The minimum Gasteiger partial charge on any atom is -0.508 e. The molecule has 5 aromatic rings. The number of halogens is 2. The van der Waals surface area contributed by atoms with Crippen molar-refractivity contribution in [2.24, 2.45) is 0 Å². The minimum absolute atomic E-state index is 0.213. The molecule has 0 unspecified atom stereocenters. The Labute approximate surface area is 213 Å². The van der Waals surface area contributed by atoms with Crippen LogP contribution >= 0.6 is 0 Å². The van der Waals surface area contributed by atoms with Gasteiger partial charge in [-0.3, -0.25) is 4.98 Å². The third kappa shape index (κ3) is 5.62. The highest BCUT2D eigenvalue weighted by Crippen LogP contribution is 2.30. The number of nitrogens with zero attached hydrogens (tertiary/aromatic N) is 1. The molecule has 2 aromatic heterocycles.